The lowest BCUT2D eigenvalue weighted by atomic mass is 9.87. The number of halogens is 1. The summed E-state index contributed by atoms with van der Waals surface area (Å²) in [7, 11) is 0. The molecule has 0 spiro atoms. The van der Waals surface area contributed by atoms with Crippen LogP contribution >= 0.6 is 0 Å². The van der Waals surface area contributed by atoms with Gasteiger partial charge >= 0.3 is 5.97 Å². The third-order valence-corrected chi connectivity index (χ3v) is 2.68. The van der Waals surface area contributed by atoms with Crippen LogP contribution in [0.1, 0.15) is 46.5 Å². The van der Waals surface area contributed by atoms with Crippen molar-refractivity contribution in [2.24, 2.45) is 0 Å². The molecule has 0 saturated carbocycles. The Hall–Kier alpha value is -0.680. The second-order valence-electron chi connectivity index (χ2n) is 4.10. The molecular weight excluding hydrogens is 227 g/mol. The molecule has 0 amide bonds. The Kier molecular flexibility index (Phi) is 7.30. The normalized spacial score (nSPS) is 15.4. The maximum Gasteiger partial charge on any atom is 0.349 e. The van der Waals surface area contributed by atoms with Gasteiger partial charge in [0.05, 0.1) is 6.61 Å². The Bertz CT molecular complexity index is 221. The molecule has 2 atom stereocenters. The summed E-state index contributed by atoms with van der Waals surface area (Å²) in [5.74, 6) is -1.18. The molecule has 0 heterocycles. The van der Waals surface area contributed by atoms with E-state index in [4.69, 9.17) is 0 Å². The average molecular weight is 250 g/mol. The van der Waals surface area contributed by atoms with Crippen LogP contribution in [-0.4, -0.2) is 40.7 Å². The van der Waals surface area contributed by atoms with Gasteiger partial charge in [0, 0.05) is 0 Å². The number of esters is 1. The Morgan fingerprint density at radius 2 is 1.59 bits per heavy atom. The minimum absolute atomic E-state index is 0.0161. The lowest BCUT2D eigenvalue weighted by molar-refractivity contribution is -0.180. The molecule has 0 aromatic heterocycles. The summed E-state index contributed by atoms with van der Waals surface area (Å²) in [6.07, 6.45) is -1.82. The highest BCUT2D eigenvalue weighted by Gasteiger charge is 2.52. The Morgan fingerprint density at radius 3 is 1.88 bits per heavy atom. The van der Waals surface area contributed by atoms with E-state index in [0.29, 0.717) is 12.8 Å². The van der Waals surface area contributed by atoms with Crippen molar-refractivity contribution in [2.45, 2.75) is 64.3 Å². The van der Waals surface area contributed by atoms with Crippen molar-refractivity contribution in [1.29, 1.82) is 0 Å². The van der Waals surface area contributed by atoms with Gasteiger partial charge in [-0.05, 0) is 19.8 Å². The summed E-state index contributed by atoms with van der Waals surface area (Å²) >= 11 is 0. The molecular formula is C12H23FO4. The molecule has 0 aliphatic heterocycles. The molecule has 0 unspecified atom stereocenters. The molecule has 0 radical (unpaired) electrons. The predicted octanol–water partition coefficient (Wildman–Crippen LogP) is 1.58. The summed E-state index contributed by atoms with van der Waals surface area (Å²) < 4.78 is 19.2. The molecule has 102 valence electrons. The van der Waals surface area contributed by atoms with E-state index in [1.54, 1.807) is 20.8 Å². The second kappa shape index (κ2) is 7.61. The Labute approximate surface area is 102 Å². The van der Waals surface area contributed by atoms with Crippen LogP contribution in [0, 0.1) is 0 Å². The number of rotatable bonds is 8. The number of hydrogen-bond donors (Lipinski definition) is 2. The molecule has 2 N–H and O–H groups in total. The fraction of sp³-hybridized carbons (Fsp3) is 0.917. The van der Waals surface area contributed by atoms with Crippen molar-refractivity contribution >= 4 is 5.97 Å². The lowest BCUT2D eigenvalue weighted by Gasteiger charge is -2.32. The number of aliphatic hydroxyl groups is 2. The molecule has 0 saturated heterocycles. The van der Waals surface area contributed by atoms with Crippen molar-refractivity contribution in [3.8, 4) is 0 Å². The van der Waals surface area contributed by atoms with Crippen LogP contribution in [0.15, 0.2) is 0 Å². The van der Waals surface area contributed by atoms with Crippen LogP contribution in [-0.2, 0) is 9.53 Å². The van der Waals surface area contributed by atoms with Crippen LogP contribution in [0.5, 0.6) is 0 Å². The molecule has 0 aromatic rings. The smallest absolute Gasteiger partial charge is 0.349 e. The van der Waals surface area contributed by atoms with E-state index in [-0.39, 0.29) is 19.4 Å². The zero-order valence-electron chi connectivity index (χ0n) is 10.8. The number of carbonyl (C=O) groups excluding carboxylic acids is 1. The molecule has 0 aliphatic carbocycles. The van der Waals surface area contributed by atoms with Crippen molar-refractivity contribution in [3.63, 3.8) is 0 Å². The zero-order chi connectivity index (χ0) is 13.5. The van der Waals surface area contributed by atoms with E-state index in [0.717, 1.165) is 0 Å². The number of aliphatic hydroxyl groups excluding tert-OH is 2. The summed E-state index contributed by atoms with van der Waals surface area (Å²) in [6.45, 7) is 5.10. The Balaban J connectivity index is 4.97. The molecule has 17 heavy (non-hydrogen) atoms. The van der Waals surface area contributed by atoms with Crippen LogP contribution in [0.25, 0.3) is 0 Å². The zero-order valence-corrected chi connectivity index (χ0v) is 10.8. The first-order valence-electron chi connectivity index (χ1n) is 6.17. The maximum atomic E-state index is 14.6. The van der Waals surface area contributed by atoms with E-state index in [1.807, 2.05) is 0 Å². The van der Waals surface area contributed by atoms with Gasteiger partial charge in [-0.15, -0.1) is 0 Å². The average Bonchev–Trinajstić information content (AvgIpc) is 2.28. The summed E-state index contributed by atoms with van der Waals surface area (Å²) in [6, 6.07) is 0. The van der Waals surface area contributed by atoms with Gasteiger partial charge < -0.3 is 14.9 Å². The van der Waals surface area contributed by atoms with E-state index in [9.17, 15) is 19.4 Å². The summed E-state index contributed by atoms with van der Waals surface area (Å²) in [4.78, 5) is 11.6. The topological polar surface area (TPSA) is 66.8 Å². The van der Waals surface area contributed by atoms with E-state index in [2.05, 4.69) is 4.74 Å². The summed E-state index contributed by atoms with van der Waals surface area (Å²) in [5, 5.41) is 19.5. The van der Waals surface area contributed by atoms with Gasteiger partial charge in [-0.25, -0.2) is 9.18 Å². The molecule has 0 aliphatic rings. The van der Waals surface area contributed by atoms with Gasteiger partial charge in [0.1, 0.15) is 12.2 Å². The van der Waals surface area contributed by atoms with Gasteiger partial charge in [0.15, 0.2) is 0 Å². The number of ether oxygens (including phenoxy) is 1. The second-order valence-corrected chi connectivity index (χ2v) is 4.10. The highest BCUT2D eigenvalue weighted by Crippen LogP contribution is 2.29. The highest BCUT2D eigenvalue weighted by atomic mass is 19.1. The quantitative estimate of drug-likeness (QED) is 0.642. The minimum Gasteiger partial charge on any atom is -0.463 e. The highest BCUT2D eigenvalue weighted by molar-refractivity contribution is 5.81. The van der Waals surface area contributed by atoms with Gasteiger partial charge in [-0.3, -0.25) is 0 Å². The molecule has 5 heteroatoms. The molecule has 0 rings (SSSR count). The standard InChI is InChI=1S/C12H23FO4/c1-4-7-9(14)12(13,10(15)8-5-2)11(16)17-6-3/h9-10,14-15H,4-8H2,1-3H3/t9-,10-/m1/s1. The molecule has 4 nitrogen and oxygen atoms in total. The van der Waals surface area contributed by atoms with Crippen molar-refractivity contribution in [2.75, 3.05) is 6.61 Å². The predicted molar refractivity (Wildman–Crippen MR) is 62.3 cm³/mol. The van der Waals surface area contributed by atoms with Gasteiger partial charge in [0.2, 0.25) is 0 Å². The third-order valence-electron chi connectivity index (χ3n) is 2.68. The van der Waals surface area contributed by atoms with Crippen molar-refractivity contribution in [3.05, 3.63) is 0 Å². The van der Waals surface area contributed by atoms with E-state index < -0.39 is 23.8 Å². The first-order chi connectivity index (χ1) is 7.94. The molecule has 0 bridgehead atoms. The van der Waals surface area contributed by atoms with Crippen LogP contribution in [0.2, 0.25) is 0 Å². The monoisotopic (exact) mass is 250 g/mol. The molecule has 0 aromatic carbocycles. The first kappa shape index (κ1) is 16.3. The van der Waals surface area contributed by atoms with E-state index in [1.165, 1.54) is 0 Å². The number of hydrogen-bond acceptors (Lipinski definition) is 4. The van der Waals surface area contributed by atoms with E-state index >= 15 is 0 Å². The van der Waals surface area contributed by atoms with Crippen molar-refractivity contribution < 1.29 is 24.1 Å². The summed E-state index contributed by atoms with van der Waals surface area (Å²) in [5.41, 5.74) is -2.72. The van der Waals surface area contributed by atoms with Gasteiger partial charge in [-0.2, -0.15) is 0 Å². The van der Waals surface area contributed by atoms with Gasteiger partial charge in [0.25, 0.3) is 5.67 Å². The number of alkyl halides is 1. The van der Waals surface area contributed by atoms with Crippen LogP contribution < -0.4 is 0 Å². The largest absolute Gasteiger partial charge is 0.463 e. The van der Waals surface area contributed by atoms with Crippen molar-refractivity contribution in [1.82, 2.24) is 0 Å². The fourth-order valence-corrected chi connectivity index (χ4v) is 1.70. The van der Waals surface area contributed by atoms with Crippen LogP contribution in [0.4, 0.5) is 4.39 Å². The maximum absolute atomic E-state index is 14.6. The third kappa shape index (κ3) is 3.92. The van der Waals surface area contributed by atoms with Crippen LogP contribution in [0.3, 0.4) is 0 Å². The first-order valence-corrected chi connectivity index (χ1v) is 6.17. The van der Waals surface area contributed by atoms with Gasteiger partial charge in [-0.1, -0.05) is 26.7 Å². The SMILES string of the molecule is CCC[C@@H](O)C(F)(C(=O)OCC)[C@H](O)CCC. The lowest BCUT2D eigenvalue weighted by Crippen LogP contribution is -2.55. The minimum atomic E-state index is -2.72. The molecule has 0 fully saturated rings. The fourth-order valence-electron chi connectivity index (χ4n) is 1.70. The Morgan fingerprint density at radius 1 is 1.18 bits per heavy atom. The number of carbonyl (C=O) groups is 1.